The number of hydrogen-bond donors (Lipinski definition) is 0. The molecule has 3 fully saturated rings. The van der Waals surface area contributed by atoms with Crippen LogP contribution in [-0.2, 0) is 28.6 Å². The van der Waals surface area contributed by atoms with Gasteiger partial charge in [0, 0.05) is 0 Å². The van der Waals surface area contributed by atoms with E-state index < -0.39 is 57.9 Å². The molecule has 1 amide bonds. The van der Waals surface area contributed by atoms with Crippen molar-refractivity contribution in [2.24, 2.45) is 5.41 Å². The zero-order valence-corrected chi connectivity index (χ0v) is 24.9. The number of sulfone groups is 1. The highest BCUT2D eigenvalue weighted by atomic mass is 32.2. The van der Waals surface area contributed by atoms with Gasteiger partial charge in [-0.25, -0.2) is 13.2 Å². The van der Waals surface area contributed by atoms with Crippen molar-refractivity contribution in [2.75, 3.05) is 0 Å². The Kier molecular flexibility index (Phi) is 6.06. The minimum absolute atomic E-state index is 0.0761. The van der Waals surface area contributed by atoms with Gasteiger partial charge in [-0.05, 0) is 49.5 Å². The quantitative estimate of drug-likeness (QED) is 0.288. The van der Waals surface area contributed by atoms with Gasteiger partial charge in [0.1, 0.15) is 11.5 Å². The molecule has 7 nitrogen and oxygen atoms in total. The highest BCUT2D eigenvalue weighted by Gasteiger charge is 2.86. The summed E-state index contributed by atoms with van der Waals surface area (Å²) in [5.41, 5.74) is 0.427. The Morgan fingerprint density at radius 3 is 1.97 bits per heavy atom. The van der Waals surface area contributed by atoms with Crippen molar-refractivity contribution in [2.45, 2.75) is 87.5 Å². The molecular weight excluding hydrogens is 518 g/mol. The predicted octanol–water partition coefficient (Wildman–Crippen LogP) is 4.84. The van der Waals surface area contributed by atoms with Crippen LogP contribution in [0.3, 0.4) is 0 Å². The van der Waals surface area contributed by atoms with Crippen LogP contribution in [0.4, 0.5) is 0 Å². The maximum absolute atomic E-state index is 13.9. The number of benzene rings is 2. The van der Waals surface area contributed by atoms with E-state index in [2.05, 4.69) is 33.9 Å². The first kappa shape index (κ1) is 27.1. The molecule has 0 bridgehead atoms. The number of fused-ring (bicyclic) bond motifs is 2. The van der Waals surface area contributed by atoms with Gasteiger partial charge in [-0.1, -0.05) is 81.4 Å². The molecule has 1 spiro atoms. The lowest BCUT2D eigenvalue weighted by molar-refractivity contribution is -0.172. The summed E-state index contributed by atoms with van der Waals surface area (Å²) in [7, 11) is -6.11. The highest BCUT2D eigenvalue weighted by Crippen LogP contribution is 2.68. The van der Waals surface area contributed by atoms with Gasteiger partial charge in [0.15, 0.2) is 29.6 Å². The molecular formula is C29H37NO6SSi. The fourth-order valence-electron chi connectivity index (χ4n) is 5.67. The molecule has 204 valence electrons. The Morgan fingerprint density at radius 1 is 1.00 bits per heavy atom. The van der Waals surface area contributed by atoms with Crippen molar-refractivity contribution in [1.29, 1.82) is 0 Å². The first-order valence-corrected chi connectivity index (χ1v) is 17.6. The standard InChI is InChI=1S/C29H37NO6SSi/c1-27(2,3)38(6,7)36-21-18-29(21)25(32)30-23(28(4,5)37(33,34)26(29)30)24(31)35-22(19-14-10-8-11-15-19)20-16-12-9-13-17-20/h8-17,21-23,26H,18H2,1-7H3/t21-,23+,26-,29+/m1/s1. The SMILES string of the molecule is CC(C)(C)[Si](C)(C)O[C@@H]1C[C@@]12C(=O)N1[C@@H](C(=O)OC(c3ccccc3)c3ccccc3)C(C)(C)S(=O)(=O)[C@@H]12. The van der Waals surface area contributed by atoms with Gasteiger partial charge in [-0.2, -0.15) is 0 Å². The number of esters is 1. The molecule has 2 heterocycles. The van der Waals surface area contributed by atoms with Crippen LogP contribution in [0, 0.1) is 5.41 Å². The number of rotatable bonds is 6. The summed E-state index contributed by atoms with van der Waals surface area (Å²) in [4.78, 5) is 28.8. The van der Waals surface area contributed by atoms with Gasteiger partial charge in [0.05, 0.1) is 10.9 Å². The van der Waals surface area contributed by atoms with Crippen LogP contribution in [0.2, 0.25) is 18.1 Å². The fourth-order valence-corrected chi connectivity index (χ4v) is 9.54. The molecule has 3 aliphatic rings. The second-order valence-electron chi connectivity index (χ2n) is 12.9. The molecule has 9 heteroatoms. The van der Waals surface area contributed by atoms with Gasteiger partial charge in [-0.15, -0.1) is 0 Å². The van der Waals surface area contributed by atoms with Gasteiger partial charge in [0.2, 0.25) is 5.91 Å². The first-order valence-electron chi connectivity index (χ1n) is 13.1. The monoisotopic (exact) mass is 555 g/mol. The topological polar surface area (TPSA) is 90.0 Å². The Hall–Kier alpha value is -2.49. The summed E-state index contributed by atoms with van der Waals surface area (Å²) in [6, 6.07) is 17.4. The molecule has 0 unspecified atom stereocenters. The van der Waals surface area contributed by atoms with Crippen molar-refractivity contribution >= 4 is 30.0 Å². The van der Waals surface area contributed by atoms with Crippen LogP contribution in [0.1, 0.15) is 58.3 Å². The van der Waals surface area contributed by atoms with E-state index in [9.17, 15) is 18.0 Å². The minimum Gasteiger partial charge on any atom is -0.451 e. The van der Waals surface area contributed by atoms with Crippen molar-refractivity contribution in [3.63, 3.8) is 0 Å². The second-order valence-corrected chi connectivity index (χ2v) is 20.2. The average Bonchev–Trinajstić information content (AvgIpc) is 3.53. The third-order valence-electron chi connectivity index (χ3n) is 9.13. The summed E-state index contributed by atoms with van der Waals surface area (Å²) in [5, 5.41) is -1.15. The van der Waals surface area contributed by atoms with Crippen LogP contribution in [0.25, 0.3) is 0 Å². The average molecular weight is 556 g/mol. The molecule has 4 atom stereocenters. The largest absolute Gasteiger partial charge is 0.451 e. The van der Waals surface area contributed by atoms with Gasteiger partial charge >= 0.3 is 5.97 Å². The van der Waals surface area contributed by atoms with Crippen LogP contribution < -0.4 is 0 Å². The zero-order chi connectivity index (χ0) is 27.9. The molecule has 0 radical (unpaired) electrons. The number of hydrogen-bond acceptors (Lipinski definition) is 6. The third-order valence-corrected chi connectivity index (χ3v) is 16.5. The maximum atomic E-state index is 13.9. The Labute approximate surface area is 226 Å². The van der Waals surface area contributed by atoms with E-state index in [1.807, 2.05) is 60.7 Å². The fraction of sp³-hybridized carbons (Fsp3) is 0.517. The number of carbonyl (C=O) groups is 2. The minimum atomic E-state index is -3.89. The maximum Gasteiger partial charge on any atom is 0.331 e. The summed E-state index contributed by atoms with van der Waals surface area (Å²) in [6.45, 7) is 13.6. The zero-order valence-electron chi connectivity index (χ0n) is 23.1. The van der Waals surface area contributed by atoms with E-state index >= 15 is 0 Å². The van der Waals surface area contributed by atoms with Crippen LogP contribution >= 0.6 is 0 Å². The van der Waals surface area contributed by atoms with Crippen LogP contribution in [0.5, 0.6) is 0 Å². The lowest BCUT2D eigenvalue weighted by atomic mass is 9.89. The Bertz CT molecular complexity index is 1330. The third kappa shape index (κ3) is 3.72. The lowest BCUT2D eigenvalue weighted by Gasteiger charge is -2.45. The molecule has 5 rings (SSSR count). The lowest BCUT2D eigenvalue weighted by Crippen LogP contribution is -2.67. The van der Waals surface area contributed by atoms with Crippen LogP contribution in [-0.4, -0.2) is 55.8 Å². The van der Waals surface area contributed by atoms with E-state index in [0.717, 1.165) is 11.1 Å². The van der Waals surface area contributed by atoms with Crippen molar-refractivity contribution in [1.82, 2.24) is 4.90 Å². The smallest absolute Gasteiger partial charge is 0.331 e. The predicted molar refractivity (Wildman–Crippen MR) is 147 cm³/mol. The Morgan fingerprint density at radius 2 is 1.50 bits per heavy atom. The van der Waals surface area contributed by atoms with E-state index in [-0.39, 0.29) is 10.9 Å². The van der Waals surface area contributed by atoms with Gasteiger partial charge in [0.25, 0.3) is 0 Å². The molecule has 0 N–H and O–H groups in total. The summed E-state index contributed by atoms with van der Waals surface area (Å²) >= 11 is 0. The van der Waals surface area contributed by atoms with Gasteiger partial charge in [-0.3, -0.25) is 4.79 Å². The Balaban J connectivity index is 1.45. The molecule has 0 aromatic heterocycles. The molecule has 38 heavy (non-hydrogen) atoms. The molecule has 1 saturated carbocycles. The van der Waals surface area contributed by atoms with E-state index in [1.54, 1.807) is 0 Å². The summed E-state index contributed by atoms with van der Waals surface area (Å²) in [6.07, 6.45) is -0.810. The second kappa shape index (κ2) is 8.50. The summed E-state index contributed by atoms with van der Waals surface area (Å²) < 4.78 is 38.8. The van der Waals surface area contributed by atoms with E-state index in [0.29, 0.717) is 6.42 Å². The first-order chi connectivity index (χ1) is 17.6. The number of carbonyl (C=O) groups excluding carboxylic acids is 2. The number of amides is 1. The van der Waals surface area contributed by atoms with Crippen LogP contribution in [0.15, 0.2) is 60.7 Å². The van der Waals surface area contributed by atoms with E-state index in [1.165, 1.54) is 18.7 Å². The molecule has 2 saturated heterocycles. The number of nitrogens with zero attached hydrogens (tertiary/aromatic N) is 1. The number of ether oxygens (including phenoxy) is 1. The van der Waals surface area contributed by atoms with Crippen molar-refractivity contribution in [3.8, 4) is 0 Å². The summed E-state index contributed by atoms with van der Waals surface area (Å²) in [5.74, 6) is -1.04. The molecule has 2 aromatic rings. The van der Waals surface area contributed by atoms with E-state index in [4.69, 9.17) is 9.16 Å². The molecule has 2 aromatic carbocycles. The number of β-lactam (4-membered cyclic amide) rings is 1. The molecule has 1 aliphatic carbocycles. The van der Waals surface area contributed by atoms with Gasteiger partial charge < -0.3 is 14.1 Å². The van der Waals surface area contributed by atoms with Crippen molar-refractivity contribution < 1.29 is 27.2 Å². The highest BCUT2D eigenvalue weighted by molar-refractivity contribution is 7.94. The normalized spacial score (nSPS) is 29.2. The molecule has 2 aliphatic heterocycles. The van der Waals surface area contributed by atoms with Crippen molar-refractivity contribution in [3.05, 3.63) is 71.8 Å².